The highest BCUT2D eigenvalue weighted by Gasteiger charge is 2.64. The van der Waals surface area contributed by atoms with Crippen LogP contribution in [0.15, 0.2) is 18.3 Å². The Bertz CT molecular complexity index is 1150. The molecule has 48 heavy (non-hydrogen) atoms. The number of hydrogen-bond acceptors (Lipinski definition) is 3. The molecule has 16 saturated carbocycles. The van der Waals surface area contributed by atoms with Gasteiger partial charge in [0.15, 0.2) is 0 Å². The van der Waals surface area contributed by atoms with Crippen molar-refractivity contribution >= 4 is 11.5 Å². The predicted molar refractivity (Wildman–Crippen MR) is 193 cm³/mol. The molecule has 0 unspecified atom stereocenters. The molecular formula is C45H63N3. The van der Waals surface area contributed by atoms with Crippen molar-refractivity contribution in [1.29, 1.82) is 0 Å². The quantitative estimate of drug-likeness (QED) is 0.307. The van der Waals surface area contributed by atoms with Gasteiger partial charge in [-0.05, 0) is 237 Å². The maximum absolute atomic E-state index is 5.85. The van der Waals surface area contributed by atoms with Crippen molar-refractivity contribution in [2.75, 3.05) is 9.80 Å². The molecular weight excluding hydrogens is 583 g/mol. The molecule has 0 amide bonds. The number of nitrogens with zero attached hydrogens (tertiary/aromatic N) is 3. The van der Waals surface area contributed by atoms with Gasteiger partial charge in [-0.3, -0.25) is 0 Å². The SMILES string of the molecule is c1cc(N(C23CC4CC(CC(C4)C2)C3)C23CC4CC(CC(C4)C2)C3)ncc1N(C12CC3CC(CC(C3)C1)C2)C12CC3CC(CC(C3)C1)C2. The van der Waals surface area contributed by atoms with Crippen molar-refractivity contribution in [1.82, 2.24) is 4.98 Å². The highest BCUT2D eigenvalue weighted by molar-refractivity contribution is 5.58. The van der Waals surface area contributed by atoms with Gasteiger partial charge in [-0.25, -0.2) is 4.98 Å². The molecule has 258 valence electrons. The summed E-state index contributed by atoms with van der Waals surface area (Å²) in [6, 6.07) is 5.38. The lowest BCUT2D eigenvalue weighted by atomic mass is 9.48. The van der Waals surface area contributed by atoms with E-state index in [1.165, 1.54) is 82.9 Å². The van der Waals surface area contributed by atoms with Gasteiger partial charge in [-0.1, -0.05) is 0 Å². The van der Waals surface area contributed by atoms with E-state index in [0.29, 0.717) is 22.2 Å². The Kier molecular flexibility index (Phi) is 5.55. The largest absolute Gasteiger partial charge is 0.359 e. The maximum atomic E-state index is 5.85. The van der Waals surface area contributed by atoms with Gasteiger partial charge in [-0.2, -0.15) is 0 Å². The highest BCUT2D eigenvalue weighted by Crippen LogP contribution is 2.67. The maximum Gasteiger partial charge on any atom is 0.129 e. The van der Waals surface area contributed by atoms with Gasteiger partial charge < -0.3 is 9.80 Å². The Morgan fingerprint density at radius 3 is 0.833 bits per heavy atom. The van der Waals surface area contributed by atoms with E-state index in [2.05, 4.69) is 28.1 Å². The topological polar surface area (TPSA) is 19.4 Å². The summed E-state index contributed by atoms with van der Waals surface area (Å²) >= 11 is 0. The minimum atomic E-state index is 0.397. The minimum Gasteiger partial charge on any atom is -0.359 e. The Balaban J connectivity index is 0.934. The molecule has 0 aliphatic heterocycles. The van der Waals surface area contributed by atoms with E-state index in [9.17, 15) is 0 Å². The van der Waals surface area contributed by atoms with E-state index in [1.54, 1.807) is 82.7 Å². The van der Waals surface area contributed by atoms with Crippen LogP contribution in [0.25, 0.3) is 0 Å². The molecule has 1 heterocycles. The van der Waals surface area contributed by atoms with E-state index in [0.717, 1.165) is 71.0 Å². The van der Waals surface area contributed by atoms with Crippen molar-refractivity contribution in [2.24, 2.45) is 71.0 Å². The number of hydrogen-bond donors (Lipinski definition) is 0. The van der Waals surface area contributed by atoms with E-state index >= 15 is 0 Å². The van der Waals surface area contributed by atoms with Crippen molar-refractivity contribution < 1.29 is 0 Å². The summed E-state index contributed by atoms with van der Waals surface area (Å²) in [5, 5.41) is 0. The van der Waals surface area contributed by atoms with Crippen LogP contribution in [-0.4, -0.2) is 27.1 Å². The molecule has 1 aromatic rings. The predicted octanol–water partition coefficient (Wildman–Crippen LogP) is 10.6. The molecule has 0 spiro atoms. The van der Waals surface area contributed by atoms with Crippen molar-refractivity contribution in [2.45, 2.75) is 176 Å². The van der Waals surface area contributed by atoms with Gasteiger partial charge in [0.2, 0.25) is 0 Å². The Labute approximate surface area is 291 Å². The summed E-state index contributed by atoms with van der Waals surface area (Å²) in [7, 11) is 0. The zero-order chi connectivity index (χ0) is 31.0. The molecule has 16 bridgehead atoms. The molecule has 0 saturated heterocycles. The molecule has 16 fully saturated rings. The van der Waals surface area contributed by atoms with Crippen LogP contribution in [0.5, 0.6) is 0 Å². The molecule has 16 aliphatic carbocycles. The van der Waals surface area contributed by atoms with Gasteiger partial charge in [-0.15, -0.1) is 0 Å². The monoisotopic (exact) mass is 646 g/mol. The van der Waals surface area contributed by atoms with Crippen LogP contribution in [0.4, 0.5) is 11.5 Å². The molecule has 0 aromatic carbocycles. The molecule has 17 rings (SSSR count). The normalized spacial score (nSPS) is 57.2. The summed E-state index contributed by atoms with van der Waals surface area (Å²) in [4.78, 5) is 12.3. The number of rotatable bonds is 6. The van der Waals surface area contributed by atoms with Crippen LogP contribution < -0.4 is 9.80 Å². The smallest absolute Gasteiger partial charge is 0.129 e. The first kappa shape index (κ1) is 28.3. The average Bonchev–Trinajstić information content (AvgIpc) is 2.99. The van der Waals surface area contributed by atoms with Crippen molar-refractivity contribution in [3.63, 3.8) is 0 Å². The second kappa shape index (κ2) is 9.40. The second-order valence-corrected chi connectivity index (χ2v) is 22.6. The van der Waals surface area contributed by atoms with Crippen LogP contribution in [0.3, 0.4) is 0 Å². The molecule has 0 N–H and O–H groups in total. The lowest BCUT2D eigenvalue weighted by Gasteiger charge is -2.70. The first-order chi connectivity index (χ1) is 23.4. The van der Waals surface area contributed by atoms with Crippen LogP contribution in [0.2, 0.25) is 0 Å². The molecule has 1 aromatic heterocycles. The summed E-state index contributed by atoms with van der Waals surface area (Å²) in [5.74, 6) is 13.4. The van der Waals surface area contributed by atoms with Crippen LogP contribution in [-0.2, 0) is 0 Å². The van der Waals surface area contributed by atoms with E-state index in [-0.39, 0.29) is 0 Å². The Morgan fingerprint density at radius 1 is 0.354 bits per heavy atom. The van der Waals surface area contributed by atoms with Gasteiger partial charge in [0.1, 0.15) is 5.82 Å². The van der Waals surface area contributed by atoms with Crippen molar-refractivity contribution in [3.8, 4) is 0 Å². The second-order valence-electron chi connectivity index (χ2n) is 22.6. The summed E-state index contributed by atoms with van der Waals surface area (Å²) in [5.41, 5.74) is 3.20. The molecule has 0 radical (unpaired) electrons. The third kappa shape index (κ3) is 3.87. The number of aromatic nitrogens is 1. The van der Waals surface area contributed by atoms with Crippen molar-refractivity contribution in [3.05, 3.63) is 18.3 Å². The average molecular weight is 646 g/mol. The first-order valence-corrected chi connectivity index (χ1v) is 22.0. The fraction of sp³-hybridized carbons (Fsp3) is 0.889. The van der Waals surface area contributed by atoms with Gasteiger partial charge in [0, 0.05) is 22.2 Å². The third-order valence-corrected chi connectivity index (χ3v) is 19.1. The molecule has 3 nitrogen and oxygen atoms in total. The lowest BCUT2D eigenvalue weighted by Crippen LogP contribution is -2.71. The number of pyridine rings is 1. The molecule has 0 atom stereocenters. The van der Waals surface area contributed by atoms with E-state index in [4.69, 9.17) is 4.98 Å². The third-order valence-electron chi connectivity index (χ3n) is 19.1. The van der Waals surface area contributed by atoms with E-state index < -0.39 is 0 Å². The summed E-state index contributed by atoms with van der Waals surface area (Å²) in [6.45, 7) is 0. The van der Waals surface area contributed by atoms with E-state index in [1.807, 2.05) is 0 Å². The number of anilines is 2. The van der Waals surface area contributed by atoms with Crippen LogP contribution in [0, 0.1) is 71.0 Å². The fourth-order valence-corrected chi connectivity index (χ4v) is 20.0. The van der Waals surface area contributed by atoms with Gasteiger partial charge in [0.25, 0.3) is 0 Å². The Hall–Kier alpha value is -1.25. The van der Waals surface area contributed by atoms with Gasteiger partial charge in [0.05, 0.1) is 11.9 Å². The zero-order valence-electron chi connectivity index (χ0n) is 30.0. The first-order valence-electron chi connectivity index (χ1n) is 22.0. The summed E-state index contributed by atoms with van der Waals surface area (Å²) < 4.78 is 0. The Morgan fingerprint density at radius 2 is 0.604 bits per heavy atom. The molecule has 16 aliphatic rings. The lowest BCUT2D eigenvalue weighted by molar-refractivity contribution is -0.0570. The van der Waals surface area contributed by atoms with Gasteiger partial charge >= 0.3 is 0 Å². The standard InChI is InChI=1S/C45H63N3/c1-2-41(48(44-21-34-9-35(22-44)11-36(10-34)23-44)45-24-37-12-38(25-45)14-39(13-37)26-45)46-27-40(1)47(42-15-28-3-29(16-42)5-30(4-28)17-42)43-18-31-6-32(19-43)8-33(7-31)20-43/h1-2,27-39H,3-26H2. The molecule has 3 heteroatoms. The van der Waals surface area contributed by atoms with Crippen LogP contribution >= 0.6 is 0 Å². The minimum absolute atomic E-state index is 0.397. The highest BCUT2D eigenvalue weighted by atomic mass is 15.3. The van der Waals surface area contributed by atoms with Crippen LogP contribution in [0.1, 0.15) is 154 Å². The zero-order valence-corrected chi connectivity index (χ0v) is 30.0. The summed E-state index contributed by atoms with van der Waals surface area (Å²) in [6.07, 6.45) is 39.0. The fourth-order valence-electron chi connectivity index (χ4n) is 20.0.